The normalized spacial score (nSPS) is 11.2. The lowest BCUT2D eigenvalue weighted by atomic mass is 9.83. The van der Waals surface area contributed by atoms with Crippen LogP contribution in [0.15, 0.2) is 78.8 Å². The summed E-state index contributed by atoms with van der Waals surface area (Å²) in [5, 5.41) is 12.8. The largest absolute Gasteiger partial charge is 0.369 e. The number of aryl methyl sites for hydroxylation is 1. The van der Waals surface area contributed by atoms with Gasteiger partial charge in [-0.3, -0.25) is 4.79 Å². The molecule has 0 atom stereocenters. The molecule has 41 heavy (non-hydrogen) atoms. The highest BCUT2D eigenvalue weighted by Crippen LogP contribution is 2.32. The number of amides is 1. The van der Waals surface area contributed by atoms with Crippen LogP contribution < -0.4 is 21.3 Å². The minimum atomic E-state index is -1.06. The predicted molar refractivity (Wildman–Crippen MR) is 166 cm³/mol. The van der Waals surface area contributed by atoms with Gasteiger partial charge >= 0.3 is 0 Å². The molecule has 1 aromatic heterocycles. The number of nitrogens with zero attached hydrogens (tertiary/aromatic N) is 2. The van der Waals surface area contributed by atoms with Gasteiger partial charge in [0.05, 0.1) is 5.41 Å². The van der Waals surface area contributed by atoms with Gasteiger partial charge in [-0.05, 0) is 82.1 Å². The Bertz CT molecular complexity index is 1340. The molecule has 9 heteroatoms. The Balaban J connectivity index is 0.00000287. The van der Waals surface area contributed by atoms with E-state index in [2.05, 4.69) is 32.8 Å². The second kappa shape index (κ2) is 16.0. The van der Waals surface area contributed by atoms with Gasteiger partial charge in [0, 0.05) is 30.5 Å². The van der Waals surface area contributed by atoms with E-state index < -0.39 is 11.2 Å². The van der Waals surface area contributed by atoms with Crippen LogP contribution in [0.25, 0.3) is 11.1 Å². The summed E-state index contributed by atoms with van der Waals surface area (Å²) in [7, 11) is 1.93. The number of halogens is 1. The smallest absolute Gasteiger partial charge is 0.230 e. The molecule has 0 saturated carbocycles. The van der Waals surface area contributed by atoms with Crippen LogP contribution in [0.3, 0.4) is 0 Å². The molecule has 0 saturated heterocycles. The molecule has 0 spiro atoms. The zero-order valence-corrected chi connectivity index (χ0v) is 24.6. The quantitative estimate of drug-likeness (QED) is 0.148. The summed E-state index contributed by atoms with van der Waals surface area (Å²) < 4.78 is 14.0. The van der Waals surface area contributed by atoms with Gasteiger partial charge in [0.15, 0.2) is 0 Å². The maximum Gasteiger partial charge on any atom is 0.230 e. The first-order valence-electron chi connectivity index (χ1n) is 13.4. The zero-order chi connectivity index (χ0) is 30.4. The van der Waals surface area contributed by atoms with Gasteiger partial charge < -0.3 is 26.1 Å². The van der Waals surface area contributed by atoms with Crippen molar-refractivity contribution in [2.75, 3.05) is 30.8 Å². The van der Waals surface area contributed by atoms with Gasteiger partial charge in [-0.25, -0.2) is 9.37 Å². The van der Waals surface area contributed by atoms with Crippen molar-refractivity contribution < 1.29 is 14.0 Å². The molecule has 1 heterocycles. The van der Waals surface area contributed by atoms with E-state index in [0.717, 1.165) is 53.3 Å². The number of hydrogen-bond acceptors (Lipinski definition) is 7. The highest BCUT2D eigenvalue weighted by molar-refractivity contribution is 5.86. The van der Waals surface area contributed by atoms with Crippen molar-refractivity contribution in [3.63, 3.8) is 0 Å². The van der Waals surface area contributed by atoms with E-state index in [9.17, 15) is 9.18 Å². The van der Waals surface area contributed by atoms with Crippen molar-refractivity contribution in [3.8, 4) is 11.1 Å². The maximum absolute atomic E-state index is 14.0. The van der Waals surface area contributed by atoms with Gasteiger partial charge in [-0.15, -0.1) is 0 Å². The van der Waals surface area contributed by atoms with Crippen LogP contribution in [0.1, 0.15) is 38.3 Å². The van der Waals surface area contributed by atoms with Crippen LogP contribution >= 0.6 is 0 Å². The van der Waals surface area contributed by atoms with E-state index in [1.54, 1.807) is 20.8 Å². The summed E-state index contributed by atoms with van der Waals surface area (Å²) >= 11 is 0. The fourth-order valence-corrected chi connectivity index (χ4v) is 3.93. The van der Waals surface area contributed by atoms with Gasteiger partial charge in [0.25, 0.3) is 0 Å². The number of hydrogen-bond donors (Lipinski definition) is 4. The molecule has 0 aliphatic heterocycles. The Labute approximate surface area is 242 Å². The Kier molecular flexibility index (Phi) is 12.8. The number of benzene rings is 2. The molecule has 3 aromatic rings. The van der Waals surface area contributed by atoms with Gasteiger partial charge in [0.1, 0.15) is 18.4 Å². The van der Waals surface area contributed by atoms with E-state index >= 15 is 0 Å². The first-order chi connectivity index (χ1) is 19.6. The fourth-order valence-electron chi connectivity index (χ4n) is 3.93. The van der Waals surface area contributed by atoms with Crippen molar-refractivity contribution in [2.24, 2.45) is 5.41 Å². The molecule has 0 aliphatic carbocycles. The monoisotopic (exact) mass is 560 g/mol. The zero-order valence-electron chi connectivity index (χ0n) is 24.6. The van der Waals surface area contributed by atoms with Gasteiger partial charge in [-0.1, -0.05) is 49.1 Å². The summed E-state index contributed by atoms with van der Waals surface area (Å²) in [6.45, 7) is 14.7. The number of carbonyl (C=O) groups is 2. The van der Waals surface area contributed by atoms with E-state index in [-0.39, 0.29) is 11.5 Å². The molecule has 8 nitrogen and oxygen atoms in total. The minimum absolute atomic E-state index is 0.160. The van der Waals surface area contributed by atoms with Crippen LogP contribution in [0.2, 0.25) is 0 Å². The molecule has 0 bridgehead atoms. The van der Waals surface area contributed by atoms with Crippen LogP contribution in [0.4, 0.5) is 21.8 Å². The second-order valence-electron chi connectivity index (χ2n) is 9.95. The topological polar surface area (TPSA) is 108 Å². The third-order valence-electron chi connectivity index (χ3n) is 6.54. The molecule has 3 rings (SSSR count). The molecule has 0 fully saturated rings. The number of rotatable bonds is 13. The van der Waals surface area contributed by atoms with Crippen LogP contribution in [-0.4, -0.2) is 42.8 Å². The summed E-state index contributed by atoms with van der Waals surface area (Å²) in [6, 6.07) is 15.9. The van der Waals surface area contributed by atoms with Crippen molar-refractivity contribution in [2.45, 2.75) is 40.7 Å². The minimum Gasteiger partial charge on any atom is -0.369 e. The number of aromatic nitrogens is 2. The Morgan fingerprint density at radius 2 is 1.80 bits per heavy atom. The highest BCUT2D eigenvalue weighted by Gasteiger charge is 2.32. The number of anilines is 3. The third-order valence-corrected chi connectivity index (χ3v) is 6.54. The Hall–Kier alpha value is -4.37. The SMILES string of the molecule is C=C(/C(F)=C\C)C(C)(C)C(=O)NCc1ccc(-c2cnc(Nc3cccc(C)c3)nc2NCCCNC)cc1.C=O. The van der Waals surface area contributed by atoms with Gasteiger partial charge in [-0.2, -0.15) is 4.98 Å². The third kappa shape index (κ3) is 9.36. The van der Waals surface area contributed by atoms with Crippen LogP contribution in [0, 0.1) is 12.3 Å². The number of carbonyl (C=O) groups excluding carboxylic acids is 2. The van der Waals surface area contributed by atoms with Crippen molar-refractivity contribution >= 4 is 30.1 Å². The second-order valence-corrected chi connectivity index (χ2v) is 9.95. The molecule has 218 valence electrons. The Morgan fingerprint density at radius 1 is 1.10 bits per heavy atom. The molecule has 0 aliphatic rings. The fraction of sp³-hybridized carbons (Fsp3) is 0.312. The van der Waals surface area contributed by atoms with Gasteiger partial charge in [0.2, 0.25) is 11.9 Å². The lowest BCUT2D eigenvalue weighted by molar-refractivity contribution is -0.127. The molecule has 2 aromatic carbocycles. The van der Waals surface area contributed by atoms with E-state index in [1.807, 2.05) is 75.5 Å². The Morgan fingerprint density at radius 3 is 2.44 bits per heavy atom. The lowest BCUT2D eigenvalue weighted by Gasteiger charge is -2.25. The average Bonchev–Trinajstić information content (AvgIpc) is 2.98. The van der Waals surface area contributed by atoms with Crippen LogP contribution in [-0.2, 0) is 16.1 Å². The molecular weight excluding hydrogens is 519 g/mol. The standard InChI is InChI=1S/C31H39FN6O.CH2O/c1-7-27(32)22(3)31(4,5)29(39)35-19-23-12-14-24(15-13-23)26-20-36-30(37-25-11-8-10-21(2)18-25)38-28(26)34-17-9-16-33-6;1-2/h7-8,10-15,18,20,33H,3,9,16-17,19H2,1-2,4-6H3,(H,35,39)(H2,34,36,37,38);1H2/b27-7+;. The summed E-state index contributed by atoms with van der Waals surface area (Å²) in [6.07, 6.45) is 4.07. The number of allylic oxidation sites excluding steroid dienone is 2. The van der Waals surface area contributed by atoms with E-state index in [4.69, 9.17) is 9.78 Å². The predicted octanol–water partition coefficient (Wildman–Crippen LogP) is 6.10. The summed E-state index contributed by atoms with van der Waals surface area (Å²) in [4.78, 5) is 30.1. The van der Waals surface area contributed by atoms with Crippen LogP contribution in [0.5, 0.6) is 0 Å². The number of nitrogens with one attached hydrogen (secondary N) is 4. The van der Waals surface area contributed by atoms with E-state index in [1.165, 1.54) is 6.08 Å². The first kappa shape index (κ1) is 32.8. The van der Waals surface area contributed by atoms with Crippen molar-refractivity contribution in [3.05, 3.63) is 89.9 Å². The summed E-state index contributed by atoms with van der Waals surface area (Å²) in [5.41, 5.74) is 3.93. The first-order valence-corrected chi connectivity index (χ1v) is 13.4. The van der Waals surface area contributed by atoms with Crippen molar-refractivity contribution in [1.82, 2.24) is 20.6 Å². The average molecular weight is 561 g/mol. The summed E-state index contributed by atoms with van der Waals surface area (Å²) in [5.74, 6) is 0.492. The molecule has 4 N–H and O–H groups in total. The molecule has 0 radical (unpaired) electrons. The highest BCUT2D eigenvalue weighted by atomic mass is 19.1. The van der Waals surface area contributed by atoms with E-state index in [0.29, 0.717) is 12.5 Å². The molecular formula is C32H41FN6O2. The lowest BCUT2D eigenvalue weighted by Crippen LogP contribution is -2.37. The maximum atomic E-state index is 14.0. The van der Waals surface area contributed by atoms with Crippen molar-refractivity contribution in [1.29, 1.82) is 0 Å². The molecule has 1 amide bonds. The molecule has 0 unspecified atom stereocenters.